The lowest BCUT2D eigenvalue weighted by atomic mass is 9.87. The Morgan fingerprint density at radius 2 is 1.93 bits per heavy atom. The third-order valence-electron chi connectivity index (χ3n) is 2.34. The first-order valence-electron chi connectivity index (χ1n) is 4.66. The fraction of sp³-hybridized carbons (Fsp3) is 0.333. The van der Waals surface area contributed by atoms with Gasteiger partial charge in [0.15, 0.2) is 0 Å². The standard InChI is InChI=1S/C12H13ClS/c1-12(2,3)10-7-14-11-5-4-8(13)6-9(10)11/h4-7H,1-3H3. The number of thiophene rings is 1. The topological polar surface area (TPSA) is 0 Å². The molecule has 0 unspecified atom stereocenters. The van der Waals surface area contributed by atoms with Gasteiger partial charge in [0.25, 0.3) is 0 Å². The van der Waals surface area contributed by atoms with E-state index in [1.54, 1.807) is 11.3 Å². The molecule has 1 aromatic carbocycles. The lowest BCUT2D eigenvalue weighted by Crippen LogP contribution is -2.09. The van der Waals surface area contributed by atoms with E-state index in [0.717, 1.165) is 5.02 Å². The molecule has 0 aliphatic rings. The van der Waals surface area contributed by atoms with E-state index in [0.29, 0.717) is 0 Å². The zero-order chi connectivity index (χ0) is 10.3. The maximum atomic E-state index is 6.00. The van der Waals surface area contributed by atoms with Gasteiger partial charge in [-0.1, -0.05) is 32.4 Å². The van der Waals surface area contributed by atoms with Crippen molar-refractivity contribution in [3.05, 3.63) is 34.2 Å². The molecule has 0 nitrogen and oxygen atoms in total. The highest BCUT2D eigenvalue weighted by Gasteiger charge is 2.18. The molecule has 0 aliphatic heterocycles. The molecule has 0 saturated heterocycles. The van der Waals surface area contributed by atoms with Crippen molar-refractivity contribution in [1.82, 2.24) is 0 Å². The van der Waals surface area contributed by atoms with E-state index in [9.17, 15) is 0 Å². The van der Waals surface area contributed by atoms with E-state index in [1.165, 1.54) is 15.6 Å². The van der Waals surface area contributed by atoms with Crippen LogP contribution in [0.4, 0.5) is 0 Å². The molecule has 1 heterocycles. The predicted molar refractivity (Wildman–Crippen MR) is 65.5 cm³/mol. The van der Waals surface area contributed by atoms with E-state index in [2.05, 4.69) is 38.3 Å². The fourth-order valence-corrected chi connectivity index (χ4v) is 2.92. The van der Waals surface area contributed by atoms with Crippen molar-refractivity contribution in [2.75, 3.05) is 0 Å². The molecule has 2 heteroatoms. The third-order valence-corrected chi connectivity index (χ3v) is 3.54. The Hall–Kier alpha value is -0.530. The first-order chi connectivity index (χ1) is 6.48. The van der Waals surface area contributed by atoms with Crippen LogP contribution in [0.25, 0.3) is 10.1 Å². The average Bonchev–Trinajstić information content (AvgIpc) is 2.45. The predicted octanol–water partition coefficient (Wildman–Crippen LogP) is 4.85. The largest absolute Gasteiger partial charge is 0.143 e. The summed E-state index contributed by atoms with van der Waals surface area (Å²) >= 11 is 7.79. The molecule has 0 atom stereocenters. The van der Waals surface area contributed by atoms with E-state index in [4.69, 9.17) is 11.6 Å². The molecule has 2 aromatic rings. The minimum atomic E-state index is 0.197. The molecule has 0 fully saturated rings. The van der Waals surface area contributed by atoms with E-state index < -0.39 is 0 Å². The van der Waals surface area contributed by atoms with Crippen molar-refractivity contribution in [2.24, 2.45) is 0 Å². The van der Waals surface area contributed by atoms with Crippen molar-refractivity contribution in [1.29, 1.82) is 0 Å². The number of rotatable bonds is 0. The highest BCUT2D eigenvalue weighted by molar-refractivity contribution is 7.17. The smallest absolute Gasteiger partial charge is 0.0413 e. The Morgan fingerprint density at radius 1 is 1.21 bits per heavy atom. The average molecular weight is 225 g/mol. The van der Waals surface area contributed by atoms with Crippen LogP contribution in [0.15, 0.2) is 23.6 Å². The van der Waals surface area contributed by atoms with Crippen LogP contribution < -0.4 is 0 Å². The first kappa shape index (κ1) is 10.0. The van der Waals surface area contributed by atoms with Gasteiger partial charge in [-0.05, 0) is 39.9 Å². The van der Waals surface area contributed by atoms with Crippen LogP contribution in [0, 0.1) is 0 Å². The molecule has 0 bridgehead atoms. The van der Waals surface area contributed by atoms with Crippen LogP contribution in [-0.4, -0.2) is 0 Å². The quantitative estimate of drug-likeness (QED) is 0.600. The number of hydrogen-bond donors (Lipinski definition) is 0. The lowest BCUT2D eigenvalue weighted by molar-refractivity contribution is 0.598. The van der Waals surface area contributed by atoms with Crippen molar-refractivity contribution >= 4 is 33.0 Å². The SMILES string of the molecule is CC(C)(C)c1csc2ccc(Cl)cc12. The van der Waals surface area contributed by atoms with Crippen LogP contribution in [0.5, 0.6) is 0 Å². The fourth-order valence-electron chi connectivity index (χ4n) is 1.58. The number of fused-ring (bicyclic) bond motifs is 1. The zero-order valence-corrected chi connectivity index (χ0v) is 10.2. The summed E-state index contributed by atoms with van der Waals surface area (Å²) in [5.41, 5.74) is 1.59. The summed E-state index contributed by atoms with van der Waals surface area (Å²) in [5.74, 6) is 0. The molecule has 0 aliphatic carbocycles. The van der Waals surface area contributed by atoms with Gasteiger partial charge >= 0.3 is 0 Å². The van der Waals surface area contributed by atoms with E-state index in [-0.39, 0.29) is 5.41 Å². The Morgan fingerprint density at radius 3 is 2.57 bits per heavy atom. The van der Waals surface area contributed by atoms with Gasteiger partial charge in [-0.15, -0.1) is 11.3 Å². The van der Waals surface area contributed by atoms with Crippen LogP contribution >= 0.6 is 22.9 Å². The lowest BCUT2D eigenvalue weighted by Gasteiger charge is -2.17. The molecular weight excluding hydrogens is 212 g/mol. The van der Waals surface area contributed by atoms with Gasteiger partial charge in [0, 0.05) is 9.72 Å². The second-order valence-corrected chi connectivity index (χ2v) is 5.89. The van der Waals surface area contributed by atoms with Gasteiger partial charge in [0.05, 0.1) is 0 Å². The normalized spacial score (nSPS) is 12.3. The van der Waals surface area contributed by atoms with Crippen LogP contribution in [-0.2, 0) is 5.41 Å². The van der Waals surface area contributed by atoms with Crippen molar-refractivity contribution in [3.8, 4) is 0 Å². The zero-order valence-electron chi connectivity index (χ0n) is 8.60. The van der Waals surface area contributed by atoms with E-state index >= 15 is 0 Å². The van der Waals surface area contributed by atoms with Crippen LogP contribution in [0.1, 0.15) is 26.3 Å². The van der Waals surface area contributed by atoms with Crippen LogP contribution in [0.2, 0.25) is 5.02 Å². The molecule has 14 heavy (non-hydrogen) atoms. The summed E-state index contributed by atoms with van der Waals surface area (Å²) < 4.78 is 1.32. The Labute approximate surface area is 93.5 Å². The second-order valence-electron chi connectivity index (χ2n) is 4.54. The van der Waals surface area contributed by atoms with Gasteiger partial charge in [-0.2, -0.15) is 0 Å². The highest BCUT2D eigenvalue weighted by atomic mass is 35.5. The van der Waals surface area contributed by atoms with Gasteiger partial charge in [-0.25, -0.2) is 0 Å². The molecule has 0 N–H and O–H groups in total. The number of halogens is 1. The Kier molecular flexibility index (Phi) is 2.32. The maximum absolute atomic E-state index is 6.00. The summed E-state index contributed by atoms with van der Waals surface area (Å²) in [6.07, 6.45) is 0. The molecular formula is C12H13ClS. The molecule has 2 rings (SSSR count). The Bertz CT molecular complexity index is 463. The van der Waals surface area contributed by atoms with Gasteiger partial charge < -0.3 is 0 Å². The second kappa shape index (κ2) is 3.25. The molecule has 1 aromatic heterocycles. The molecule has 0 spiro atoms. The van der Waals surface area contributed by atoms with Crippen molar-refractivity contribution in [3.63, 3.8) is 0 Å². The minimum absolute atomic E-state index is 0.197. The molecule has 0 amide bonds. The summed E-state index contributed by atoms with van der Waals surface area (Å²) in [6.45, 7) is 6.69. The molecule has 0 saturated carbocycles. The summed E-state index contributed by atoms with van der Waals surface area (Å²) in [4.78, 5) is 0. The van der Waals surface area contributed by atoms with Crippen molar-refractivity contribution < 1.29 is 0 Å². The highest BCUT2D eigenvalue weighted by Crippen LogP contribution is 2.35. The third kappa shape index (κ3) is 1.67. The van der Waals surface area contributed by atoms with Crippen LogP contribution in [0.3, 0.4) is 0 Å². The van der Waals surface area contributed by atoms with E-state index in [1.807, 2.05) is 6.07 Å². The Balaban J connectivity index is 2.73. The monoisotopic (exact) mass is 224 g/mol. The van der Waals surface area contributed by atoms with Crippen molar-refractivity contribution in [2.45, 2.75) is 26.2 Å². The minimum Gasteiger partial charge on any atom is -0.143 e. The van der Waals surface area contributed by atoms with Gasteiger partial charge in [0.2, 0.25) is 0 Å². The van der Waals surface area contributed by atoms with Gasteiger partial charge in [-0.3, -0.25) is 0 Å². The molecule has 74 valence electrons. The summed E-state index contributed by atoms with van der Waals surface area (Å²) in [6, 6.07) is 6.11. The molecule has 0 radical (unpaired) electrons. The maximum Gasteiger partial charge on any atom is 0.0413 e. The summed E-state index contributed by atoms with van der Waals surface area (Å²) in [7, 11) is 0. The number of hydrogen-bond acceptors (Lipinski definition) is 1. The summed E-state index contributed by atoms with van der Waals surface area (Å²) in [5, 5.41) is 4.36. The van der Waals surface area contributed by atoms with Gasteiger partial charge in [0.1, 0.15) is 0 Å². The first-order valence-corrected chi connectivity index (χ1v) is 5.91. The number of benzene rings is 1.